The SMILES string of the molecule is CCNC(=NCC1CCN(C2CC2)C1)NCCCC(C)C. The molecule has 1 saturated heterocycles. The molecule has 1 heterocycles. The third-order valence-electron chi connectivity index (χ3n) is 4.48. The highest BCUT2D eigenvalue weighted by atomic mass is 15.2. The number of nitrogens with one attached hydrogen (secondary N) is 2. The van der Waals surface area contributed by atoms with E-state index in [2.05, 4.69) is 36.3 Å². The van der Waals surface area contributed by atoms with Crippen molar-refractivity contribution < 1.29 is 0 Å². The van der Waals surface area contributed by atoms with Gasteiger partial charge >= 0.3 is 0 Å². The second-order valence-electron chi connectivity index (χ2n) is 7.06. The van der Waals surface area contributed by atoms with Crippen molar-refractivity contribution in [1.82, 2.24) is 15.5 Å². The fraction of sp³-hybridized carbons (Fsp3) is 0.941. The van der Waals surface area contributed by atoms with Gasteiger partial charge in [-0.25, -0.2) is 0 Å². The van der Waals surface area contributed by atoms with Crippen molar-refractivity contribution in [3.8, 4) is 0 Å². The molecule has 122 valence electrons. The largest absolute Gasteiger partial charge is 0.357 e. The fourth-order valence-corrected chi connectivity index (χ4v) is 3.06. The number of hydrogen-bond donors (Lipinski definition) is 2. The number of aliphatic imine (C=N–C) groups is 1. The molecule has 1 saturated carbocycles. The summed E-state index contributed by atoms with van der Waals surface area (Å²) in [6.45, 7) is 12.2. The lowest BCUT2D eigenvalue weighted by Crippen LogP contribution is -2.38. The first-order valence-corrected chi connectivity index (χ1v) is 8.95. The minimum atomic E-state index is 0.761. The first kappa shape index (κ1) is 16.6. The fourth-order valence-electron chi connectivity index (χ4n) is 3.06. The molecular weight excluding hydrogens is 260 g/mol. The lowest BCUT2D eigenvalue weighted by molar-refractivity contribution is 0.315. The van der Waals surface area contributed by atoms with Crippen LogP contribution in [-0.4, -0.2) is 49.6 Å². The monoisotopic (exact) mass is 294 g/mol. The summed E-state index contributed by atoms with van der Waals surface area (Å²) in [6.07, 6.45) is 6.69. The predicted molar refractivity (Wildman–Crippen MR) is 90.8 cm³/mol. The van der Waals surface area contributed by atoms with E-state index in [4.69, 9.17) is 4.99 Å². The molecule has 2 N–H and O–H groups in total. The highest BCUT2D eigenvalue weighted by Gasteiger charge is 2.34. The second-order valence-corrected chi connectivity index (χ2v) is 7.06. The van der Waals surface area contributed by atoms with Gasteiger partial charge in [-0.3, -0.25) is 4.99 Å². The number of rotatable bonds is 8. The van der Waals surface area contributed by atoms with Gasteiger partial charge in [0.05, 0.1) is 0 Å². The molecule has 2 aliphatic rings. The molecule has 2 fully saturated rings. The van der Waals surface area contributed by atoms with Crippen molar-refractivity contribution >= 4 is 5.96 Å². The van der Waals surface area contributed by atoms with E-state index in [0.717, 1.165) is 43.5 Å². The Morgan fingerprint density at radius 2 is 2.05 bits per heavy atom. The van der Waals surface area contributed by atoms with E-state index in [-0.39, 0.29) is 0 Å². The molecule has 0 aromatic carbocycles. The zero-order chi connectivity index (χ0) is 15.1. The maximum atomic E-state index is 4.79. The van der Waals surface area contributed by atoms with Gasteiger partial charge in [0, 0.05) is 32.2 Å². The highest BCUT2D eigenvalue weighted by Crippen LogP contribution is 2.31. The van der Waals surface area contributed by atoms with E-state index in [1.165, 1.54) is 45.2 Å². The van der Waals surface area contributed by atoms with E-state index in [0.29, 0.717) is 0 Å². The second kappa shape index (κ2) is 8.62. The van der Waals surface area contributed by atoms with Crippen molar-refractivity contribution in [2.75, 3.05) is 32.7 Å². The maximum Gasteiger partial charge on any atom is 0.191 e. The third kappa shape index (κ3) is 6.25. The van der Waals surface area contributed by atoms with Crippen LogP contribution < -0.4 is 10.6 Å². The number of nitrogens with zero attached hydrogens (tertiary/aromatic N) is 2. The van der Waals surface area contributed by atoms with Crippen molar-refractivity contribution in [3.63, 3.8) is 0 Å². The van der Waals surface area contributed by atoms with Crippen LogP contribution in [0.5, 0.6) is 0 Å². The normalized spacial score (nSPS) is 23.8. The van der Waals surface area contributed by atoms with Crippen molar-refractivity contribution in [3.05, 3.63) is 0 Å². The molecule has 0 amide bonds. The Labute approximate surface area is 130 Å². The molecule has 1 aliphatic carbocycles. The van der Waals surface area contributed by atoms with Gasteiger partial charge in [0.25, 0.3) is 0 Å². The summed E-state index contributed by atoms with van der Waals surface area (Å²) < 4.78 is 0. The highest BCUT2D eigenvalue weighted by molar-refractivity contribution is 5.79. The van der Waals surface area contributed by atoms with E-state index >= 15 is 0 Å². The third-order valence-corrected chi connectivity index (χ3v) is 4.48. The summed E-state index contributed by atoms with van der Waals surface area (Å²) in [4.78, 5) is 7.46. The molecule has 2 rings (SSSR count). The van der Waals surface area contributed by atoms with Crippen molar-refractivity contribution in [2.45, 2.75) is 58.9 Å². The van der Waals surface area contributed by atoms with Gasteiger partial charge in [0.1, 0.15) is 0 Å². The van der Waals surface area contributed by atoms with Gasteiger partial charge in [-0.15, -0.1) is 0 Å². The van der Waals surface area contributed by atoms with Crippen LogP contribution in [-0.2, 0) is 0 Å². The number of hydrogen-bond acceptors (Lipinski definition) is 2. The molecule has 1 atom stereocenters. The minimum Gasteiger partial charge on any atom is -0.357 e. The summed E-state index contributed by atoms with van der Waals surface area (Å²) >= 11 is 0. The molecule has 1 aliphatic heterocycles. The van der Waals surface area contributed by atoms with Crippen LogP contribution in [0.25, 0.3) is 0 Å². The van der Waals surface area contributed by atoms with E-state index in [1.54, 1.807) is 0 Å². The van der Waals surface area contributed by atoms with Crippen molar-refractivity contribution in [1.29, 1.82) is 0 Å². The summed E-state index contributed by atoms with van der Waals surface area (Å²) in [5.74, 6) is 2.56. The zero-order valence-electron chi connectivity index (χ0n) is 14.2. The molecule has 0 radical (unpaired) electrons. The smallest absolute Gasteiger partial charge is 0.191 e. The Kier molecular flexibility index (Phi) is 6.81. The molecule has 0 spiro atoms. The number of likely N-dealkylation sites (tertiary alicyclic amines) is 1. The Balaban J connectivity index is 1.67. The Hall–Kier alpha value is -0.770. The minimum absolute atomic E-state index is 0.761. The summed E-state index contributed by atoms with van der Waals surface area (Å²) in [6, 6.07) is 0.918. The Morgan fingerprint density at radius 1 is 1.24 bits per heavy atom. The molecule has 4 nitrogen and oxygen atoms in total. The number of guanidine groups is 1. The standard InChI is InChI=1S/C17H34N4/c1-4-18-17(19-10-5-6-14(2)3)20-12-15-9-11-21(13-15)16-7-8-16/h14-16H,4-13H2,1-3H3,(H2,18,19,20). The first-order chi connectivity index (χ1) is 10.2. The average molecular weight is 294 g/mol. The summed E-state index contributed by atoms with van der Waals surface area (Å²) in [7, 11) is 0. The van der Waals surface area contributed by atoms with Crippen LogP contribution in [0.3, 0.4) is 0 Å². The molecular formula is C17H34N4. The van der Waals surface area contributed by atoms with E-state index in [9.17, 15) is 0 Å². The lowest BCUT2D eigenvalue weighted by atomic mass is 10.1. The molecule has 21 heavy (non-hydrogen) atoms. The van der Waals surface area contributed by atoms with Crippen LogP contribution >= 0.6 is 0 Å². The predicted octanol–water partition coefficient (Wildman–Crippen LogP) is 2.46. The molecule has 0 aromatic rings. The van der Waals surface area contributed by atoms with E-state index in [1.807, 2.05) is 0 Å². The van der Waals surface area contributed by atoms with Gasteiger partial charge < -0.3 is 15.5 Å². The molecule has 0 aromatic heterocycles. The maximum absolute atomic E-state index is 4.79. The van der Waals surface area contributed by atoms with Gasteiger partial charge in [-0.2, -0.15) is 0 Å². The van der Waals surface area contributed by atoms with E-state index < -0.39 is 0 Å². The van der Waals surface area contributed by atoms with Gasteiger partial charge in [-0.1, -0.05) is 13.8 Å². The quantitative estimate of drug-likeness (QED) is 0.410. The lowest BCUT2D eigenvalue weighted by Gasteiger charge is -2.15. The van der Waals surface area contributed by atoms with Gasteiger partial charge in [0.15, 0.2) is 5.96 Å². The summed E-state index contributed by atoms with van der Waals surface area (Å²) in [5.41, 5.74) is 0. The van der Waals surface area contributed by atoms with Gasteiger partial charge in [-0.05, 0) is 57.4 Å². The Bertz CT molecular complexity index is 323. The van der Waals surface area contributed by atoms with Crippen LogP contribution in [0.4, 0.5) is 0 Å². The average Bonchev–Trinajstić information content (AvgIpc) is 3.20. The van der Waals surface area contributed by atoms with Gasteiger partial charge in [0.2, 0.25) is 0 Å². The van der Waals surface area contributed by atoms with Crippen molar-refractivity contribution in [2.24, 2.45) is 16.8 Å². The summed E-state index contributed by atoms with van der Waals surface area (Å²) in [5, 5.41) is 6.84. The molecule has 4 heteroatoms. The van der Waals surface area contributed by atoms with Crippen LogP contribution in [0, 0.1) is 11.8 Å². The zero-order valence-corrected chi connectivity index (χ0v) is 14.2. The topological polar surface area (TPSA) is 39.7 Å². The molecule has 1 unspecified atom stereocenters. The van der Waals surface area contributed by atoms with Crippen LogP contribution in [0.2, 0.25) is 0 Å². The molecule has 0 bridgehead atoms. The Morgan fingerprint density at radius 3 is 2.71 bits per heavy atom. The first-order valence-electron chi connectivity index (χ1n) is 8.95. The van der Waals surface area contributed by atoms with Crippen LogP contribution in [0.1, 0.15) is 52.9 Å². The van der Waals surface area contributed by atoms with Crippen LogP contribution in [0.15, 0.2) is 4.99 Å².